The van der Waals surface area contributed by atoms with Crippen molar-refractivity contribution in [1.29, 1.82) is 0 Å². The molecule has 5 atom stereocenters. The SMILES string of the molecule is CCC(C)C(NC(=O)C(N)C(C)C)C(=O)NC(CCCCN)C(=O)NC(Cc1ccccc1)C(=O)O. The fourth-order valence-electron chi connectivity index (χ4n) is 3.60. The standard InChI is InChI=1S/C26H43N5O5/c1-5-17(4)22(31-24(33)21(28)16(2)3)25(34)29-19(13-9-10-14-27)23(32)30-20(26(35)36)15-18-11-7-6-8-12-18/h6-8,11-12,16-17,19-22H,5,9-10,13-15,27-28H2,1-4H3,(H,29,34)(H,30,32)(H,31,33)(H,35,36). The molecule has 3 amide bonds. The summed E-state index contributed by atoms with van der Waals surface area (Å²) in [5.41, 5.74) is 12.3. The van der Waals surface area contributed by atoms with Crippen molar-refractivity contribution in [3.8, 4) is 0 Å². The molecule has 0 aliphatic heterocycles. The first kappa shape index (κ1) is 31.1. The van der Waals surface area contributed by atoms with Gasteiger partial charge in [-0.15, -0.1) is 0 Å². The molecular weight excluding hydrogens is 462 g/mol. The van der Waals surface area contributed by atoms with Gasteiger partial charge in [-0.1, -0.05) is 64.4 Å². The van der Waals surface area contributed by atoms with Gasteiger partial charge in [-0.05, 0) is 43.2 Å². The summed E-state index contributed by atoms with van der Waals surface area (Å²) in [6.45, 7) is 7.78. The Labute approximate surface area is 213 Å². The van der Waals surface area contributed by atoms with E-state index in [0.717, 1.165) is 5.56 Å². The molecule has 202 valence electrons. The van der Waals surface area contributed by atoms with E-state index in [2.05, 4.69) is 16.0 Å². The number of rotatable bonds is 16. The largest absolute Gasteiger partial charge is 0.480 e. The molecule has 10 nitrogen and oxygen atoms in total. The average Bonchev–Trinajstić information content (AvgIpc) is 2.85. The molecule has 0 saturated carbocycles. The number of unbranched alkanes of at least 4 members (excludes halogenated alkanes) is 1. The molecule has 36 heavy (non-hydrogen) atoms. The Kier molecular flexibility index (Phi) is 13.7. The van der Waals surface area contributed by atoms with Gasteiger partial charge < -0.3 is 32.5 Å². The molecule has 0 bridgehead atoms. The van der Waals surface area contributed by atoms with Crippen LogP contribution >= 0.6 is 0 Å². The number of aliphatic carboxylic acids is 1. The van der Waals surface area contributed by atoms with Gasteiger partial charge in [0.1, 0.15) is 18.1 Å². The van der Waals surface area contributed by atoms with Crippen LogP contribution in [0.3, 0.4) is 0 Å². The molecule has 0 spiro atoms. The number of carboxylic acid groups (broad SMARTS) is 1. The van der Waals surface area contributed by atoms with E-state index >= 15 is 0 Å². The fraction of sp³-hybridized carbons (Fsp3) is 0.615. The average molecular weight is 506 g/mol. The van der Waals surface area contributed by atoms with Gasteiger partial charge in [-0.25, -0.2) is 4.79 Å². The number of hydrogen-bond donors (Lipinski definition) is 6. The van der Waals surface area contributed by atoms with Crippen LogP contribution in [-0.4, -0.2) is 59.5 Å². The maximum Gasteiger partial charge on any atom is 0.326 e. The maximum absolute atomic E-state index is 13.2. The summed E-state index contributed by atoms with van der Waals surface area (Å²) in [6, 6.07) is 5.15. The number of nitrogens with one attached hydrogen (secondary N) is 3. The lowest BCUT2D eigenvalue weighted by Crippen LogP contribution is -2.59. The molecule has 1 aromatic carbocycles. The third-order valence-electron chi connectivity index (χ3n) is 6.29. The number of nitrogens with two attached hydrogens (primary N) is 2. The van der Waals surface area contributed by atoms with Crippen molar-refractivity contribution in [3.63, 3.8) is 0 Å². The van der Waals surface area contributed by atoms with Crippen molar-refractivity contribution in [2.45, 2.75) is 84.0 Å². The minimum absolute atomic E-state index is 0.101. The predicted molar refractivity (Wildman–Crippen MR) is 139 cm³/mol. The minimum atomic E-state index is -1.17. The van der Waals surface area contributed by atoms with Crippen LogP contribution in [0.5, 0.6) is 0 Å². The highest BCUT2D eigenvalue weighted by molar-refractivity contribution is 5.94. The summed E-state index contributed by atoms with van der Waals surface area (Å²) in [6.07, 6.45) is 2.19. The van der Waals surface area contributed by atoms with E-state index in [1.54, 1.807) is 24.3 Å². The van der Waals surface area contributed by atoms with Crippen LogP contribution in [0.2, 0.25) is 0 Å². The van der Waals surface area contributed by atoms with Crippen molar-refractivity contribution < 1.29 is 24.3 Å². The summed E-state index contributed by atoms with van der Waals surface area (Å²) >= 11 is 0. The number of amides is 3. The van der Waals surface area contributed by atoms with Crippen molar-refractivity contribution >= 4 is 23.7 Å². The summed E-state index contributed by atoms with van der Waals surface area (Å²) in [7, 11) is 0. The molecule has 1 aromatic rings. The molecule has 0 radical (unpaired) electrons. The zero-order valence-corrected chi connectivity index (χ0v) is 21.8. The van der Waals surface area contributed by atoms with Crippen molar-refractivity contribution in [1.82, 2.24) is 16.0 Å². The van der Waals surface area contributed by atoms with Gasteiger partial charge in [0.25, 0.3) is 0 Å². The van der Waals surface area contributed by atoms with Crippen molar-refractivity contribution in [2.24, 2.45) is 23.3 Å². The Morgan fingerprint density at radius 1 is 0.889 bits per heavy atom. The second-order valence-electron chi connectivity index (χ2n) is 9.58. The Morgan fingerprint density at radius 3 is 2.03 bits per heavy atom. The van der Waals surface area contributed by atoms with E-state index < -0.39 is 47.9 Å². The summed E-state index contributed by atoms with van der Waals surface area (Å²) < 4.78 is 0. The van der Waals surface area contributed by atoms with Crippen LogP contribution < -0.4 is 27.4 Å². The highest BCUT2D eigenvalue weighted by Crippen LogP contribution is 2.12. The van der Waals surface area contributed by atoms with Gasteiger partial charge >= 0.3 is 5.97 Å². The lowest BCUT2D eigenvalue weighted by Gasteiger charge is -2.28. The van der Waals surface area contributed by atoms with Crippen LogP contribution in [0.25, 0.3) is 0 Å². The third-order valence-corrected chi connectivity index (χ3v) is 6.29. The first-order valence-electron chi connectivity index (χ1n) is 12.6. The van der Waals surface area contributed by atoms with Gasteiger partial charge in [0.15, 0.2) is 0 Å². The summed E-state index contributed by atoms with van der Waals surface area (Å²) in [4.78, 5) is 50.8. The molecule has 1 rings (SSSR count). The Bertz CT molecular complexity index is 848. The molecule has 0 saturated heterocycles. The maximum atomic E-state index is 13.2. The predicted octanol–water partition coefficient (Wildman–Crippen LogP) is 0.927. The number of hydrogen-bond acceptors (Lipinski definition) is 6. The Hall–Kier alpha value is -2.98. The Balaban J connectivity index is 3.04. The molecule has 10 heteroatoms. The smallest absolute Gasteiger partial charge is 0.326 e. The highest BCUT2D eigenvalue weighted by atomic mass is 16.4. The summed E-state index contributed by atoms with van der Waals surface area (Å²) in [5.74, 6) is -3.06. The van der Waals surface area contributed by atoms with Crippen LogP contribution in [0.4, 0.5) is 0 Å². The molecule has 5 unspecified atom stereocenters. The lowest BCUT2D eigenvalue weighted by molar-refractivity contribution is -0.142. The van der Waals surface area contributed by atoms with Gasteiger partial charge in [0, 0.05) is 6.42 Å². The molecule has 0 fully saturated rings. The fourth-order valence-corrected chi connectivity index (χ4v) is 3.60. The number of carboxylic acids is 1. The van der Waals surface area contributed by atoms with Gasteiger partial charge in [-0.2, -0.15) is 0 Å². The molecule has 0 aliphatic carbocycles. The highest BCUT2D eigenvalue weighted by Gasteiger charge is 2.32. The summed E-state index contributed by atoms with van der Waals surface area (Å²) in [5, 5.41) is 17.7. The van der Waals surface area contributed by atoms with Crippen LogP contribution in [0.1, 0.15) is 58.9 Å². The molecular formula is C26H43N5O5. The topological polar surface area (TPSA) is 177 Å². The van der Waals surface area contributed by atoms with E-state index in [9.17, 15) is 24.3 Å². The van der Waals surface area contributed by atoms with Crippen LogP contribution in [0.15, 0.2) is 30.3 Å². The quantitative estimate of drug-likeness (QED) is 0.181. The Morgan fingerprint density at radius 2 is 1.50 bits per heavy atom. The molecule has 0 aliphatic rings. The number of carbonyl (C=O) groups excluding carboxylic acids is 3. The minimum Gasteiger partial charge on any atom is -0.480 e. The van der Waals surface area contributed by atoms with Gasteiger partial charge in [-0.3, -0.25) is 14.4 Å². The zero-order valence-electron chi connectivity index (χ0n) is 21.8. The van der Waals surface area contributed by atoms with Crippen LogP contribution in [-0.2, 0) is 25.6 Å². The third kappa shape index (κ3) is 10.3. The first-order chi connectivity index (χ1) is 17.0. The molecule has 0 heterocycles. The first-order valence-corrected chi connectivity index (χ1v) is 12.6. The number of benzene rings is 1. The normalized spacial score (nSPS) is 15.3. The van der Waals surface area contributed by atoms with E-state index in [1.165, 1.54) is 0 Å². The second kappa shape index (κ2) is 15.9. The van der Waals surface area contributed by atoms with Gasteiger partial charge in [0.2, 0.25) is 17.7 Å². The van der Waals surface area contributed by atoms with Crippen molar-refractivity contribution in [2.75, 3.05) is 6.54 Å². The van der Waals surface area contributed by atoms with E-state index in [-0.39, 0.29) is 24.7 Å². The number of carbonyl (C=O) groups is 4. The zero-order chi connectivity index (χ0) is 27.3. The van der Waals surface area contributed by atoms with E-state index in [1.807, 2.05) is 33.8 Å². The molecule has 8 N–H and O–H groups in total. The van der Waals surface area contributed by atoms with Crippen molar-refractivity contribution in [3.05, 3.63) is 35.9 Å². The van der Waals surface area contributed by atoms with Crippen LogP contribution in [0, 0.1) is 11.8 Å². The van der Waals surface area contributed by atoms with E-state index in [4.69, 9.17) is 11.5 Å². The monoisotopic (exact) mass is 505 g/mol. The van der Waals surface area contributed by atoms with E-state index in [0.29, 0.717) is 25.8 Å². The van der Waals surface area contributed by atoms with Gasteiger partial charge in [0.05, 0.1) is 6.04 Å². The molecule has 0 aromatic heterocycles. The second-order valence-corrected chi connectivity index (χ2v) is 9.58. The lowest BCUT2D eigenvalue weighted by atomic mass is 9.96.